The van der Waals surface area contributed by atoms with Gasteiger partial charge in [-0.3, -0.25) is 0 Å². The number of halogens is 1. The van der Waals surface area contributed by atoms with Crippen LogP contribution in [0.3, 0.4) is 0 Å². The second-order valence-corrected chi connectivity index (χ2v) is 0. The summed E-state index contributed by atoms with van der Waals surface area (Å²) in [5.41, 5.74) is 0. The van der Waals surface area contributed by atoms with E-state index in [1.807, 2.05) is 0 Å². The van der Waals surface area contributed by atoms with Crippen LogP contribution in [0.2, 0.25) is 0 Å². The molecule has 0 aromatic rings. The van der Waals surface area contributed by atoms with Gasteiger partial charge in [0.15, 0.2) is 0 Å². The summed E-state index contributed by atoms with van der Waals surface area (Å²) in [6.07, 6.45) is 0. The van der Waals surface area contributed by atoms with E-state index in [0.717, 1.165) is 0 Å². The molecule has 0 bridgehead atoms. The fourth-order valence-electron chi connectivity index (χ4n) is 0. The average Bonchev–Trinajstić information content (AvgIpc) is 1.50. The van der Waals surface area contributed by atoms with Crippen LogP contribution in [0.4, 0.5) is 0 Å². The number of rotatable bonds is 0. The van der Waals surface area contributed by atoms with Crippen molar-refractivity contribution >= 4 is 19.8 Å². The Morgan fingerprint density at radius 3 is 1.50 bits per heavy atom. The second kappa shape index (κ2) is 26.7. The number of hydrogen-bond acceptors (Lipinski definition) is 0. The quantitative estimate of drug-likeness (QED) is 0.332. The molecule has 0 radical (unpaired) electrons. The van der Waals surface area contributed by atoms with Gasteiger partial charge in [0, 0.05) is 0 Å². The molecule has 0 aliphatic heterocycles. The zero-order valence-corrected chi connectivity index (χ0v) is 7.92. The first-order valence-corrected chi connectivity index (χ1v) is 10.0. The van der Waals surface area contributed by atoms with E-state index in [1.165, 1.54) is 14.8 Å². The Morgan fingerprint density at radius 1 is 1.50 bits per heavy atom. The molecule has 4 heavy (non-hydrogen) atoms. The van der Waals surface area contributed by atoms with E-state index < -0.39 is 0 Å². The zero-order valence-electron chi connectivity index (χ0n) is 2.79. The molecule has 0 saturated carbocycles. The van der Waals surface area contributed by atoms with Crippen LogP contribution >= 0.6 is 19.8 Å². The van der Waals surface area contributed by atoms with E-state index in [2.05, 4.69) is 26.7 Å². The molecule has 0 N–H and O–H groups in total. The van der Waals surface area contributed by atoms with E-state index in [1.54, 1.807) is 6.92 Å². The van der Waals surface area contributed by atoms with Gasteiger partial charge in [0.1, 0.15) is 0 Å². The summed E-state index contributed by atoms with van der Waals surface area (Å²) in [5.74, 6) is 0. The molecule has 0 rings (SSSR count). The molecule has 0 aliphatic carbocycles. The minimum absolute atomic E-state index is 1.34. The van der Waals surface area contributed by atoms with Crippen molar-refractivity contribution in [2.24, 2.45) is 0 Å². The SMILES string of the molecule is [CH2-]C.[Zn+][I]. The molecule has 0 aromatic carbocycles. The van der Waals surface area contributed by atoms with Gasteiger partial charge in [-0.15, -0.1) is 0 Å². The molecule has 0 saturated heterocycles. The summed E-state index contributed by atoms with van der Waals surface area (Å²) in [5, 5.41) is 0. The Bertz CT molecular complexity index is 6.00. The van der Waals surface area contributed by atoms with Crippen molar-refractivity contribution in [1.82, 2.24) is 0 Å². The standard InChI is InChI=1S/C2H5.HI.Zn/c1-2;;/h1H2,2H3;1H;/q-1;;+2/p-1. The molecular weight excluding hydrogens is 216 g/mol. The Labute approximate surface area is 48.2 Å². The van der Waals surface area contributed by atoms with Gasteiger partial charge in [0.2, 0.25) is 0 Å². The van der Waals surface area contributed by atoms with Crippen molar-refractivity contribution in [1.29, 1.82) is 0 Å². The van der Waals surface area contributed by atoms with E-state index >= 15 is 0 Å². The van der Waals surface area contributed by atoms with Gasteiger partial charge >= 0.3 is 34.5 Å². The van der Waals surface area contributed by atoms with Gasteiger partial charge in [0.05, 0.1) is 0 Å². The van der Waals surface area contributed by atoms with Crippen LogP contribution in [0.25, 0.3) is 0 Å². The van der Waals surface area contributed by atoms with Crippen LogP contribution in [-0.4, -0.2) is 0 Å². The first kappa shape index (κ1) is 9.02. The first-order chi connectivity index (χ1) is 2.00. The third-order valence-electron chi connectivity index (χ3n) is 0. The van der Waals surface area contributed by atoms with Crippen LogP contribution in [0.5, 0.6) is 0 Å². The molecule has 0 heterocycles. The summed E-state index contributed by atoms with van der Waals surface area (Å²) in [6, 6.07) is 0. The maximum absolute atomic E-state index is 3.25. The Hall–Kier alpha value is 1.35. The summed E-state index contributed by atoms with van der Waals surface area (Å²) < 4.78 is 0. The van der Waals surface area contributed by atoms with Crippen LogP contribution in [0.15, 0.2) is 0 Å². The van der Waals surface area contributed by atoms with Crippen LogP contribution < -0.4 is 0 Å². The topological polar surface area (TPSA) is 0 Å². The molecule has 0 amide bonds. The van der Waals surface area contributed by atoms with Crippen molar-refractivity contribution in [3.63, 3.8) is 0 Å². The third kappa shape index (κ3) is 10.1. The molecule has 0 nitrogen and oxygen atoms in total. The molecule has 0 atom stereocenters. The summed E-state index contributed by atoms with van der Waals surface area (Å²) in [7, 11) is 0. The Kier molecular flexibility index (Phi) is 60.3. The van der Waals surface area contributed by atoms with Gasteiger partial charge in [0.25, 0.3) is 0 Å². The van der Waals surface area contributed by atoms with Gasteiger partial charge < -0.3 is 6.92 Å². The van der Waals surface area contributed by atoms with Crippen molar-refractivity contribution in [2.75, 3.05) is 0 Å². The summed E-state index contributed by atoms with van der Waals surface area (Å²) >= 11 is 3.62. The van der Waals surface area contributed by atoms with Crippen LogP contribution in [0.1, 0.15) is 6.92 Å². The normalized spacial score (nSPS) is 3.25. The van der Waals surface area contributed by atoms with E-state index in [4.69, 9.17) is 0 Å². The molecule has 0 fully saturated rings. The van der Waals surface area contributed by atoms with Crippen LogP contribution in [-0.2, 0) is 14.8 Å². The Morgan fingerprint density at radius 2 is 1.50 bits per heavy atom. The van der Waals surface area contributed by atoms with Crippen molar-refractivity contribution in [3.8, 4) is 0 Å². The molecular formula is C2H5IZn. The molecule has 0 aliphatic rings. The molecule has 0 spiro atoms. The molecule has 2 heteroatoms. The molecule has 0 aromatic heterocycles. The predicted octanol–water partition coefficient (Wildman–Crippen LogP) is 1.72. The second-order valence-electron chi connectivity index (χ2n) is 0. The maximum atomic E-state index is 3.25. The van der Waals surface area contributed by atoms with Crippen molar-refractivity contribution in [3.05, 3.63) is 6.92 Å². The Balaban J connectivity index is 0. The average molecular weight is 221 g/mol. The fraction of sp³-hybridized carbons (Fsp3) is 0.500. The van der Waals surface area contributed by atoms with Crippen molar-refractivity contribution < 1.29 is 14.8 Å². The van der Waals surface area contributed by atoms with Crippen LogP contribution in [0, 0.1) is 6.92 Å². The van der Waals surface area contributed by atoms with E-state index in [-0.39, 0.29) is 0 Å². The van der Waals surface area contributed by atoms with E-state index in [0.29, 0.717) is 0 Å². The minimum atomic E-state index is 1.34. The predicted molar refractivity (Wildman–Crippen MR) is 25.1 cm³/mol. The first-order valence-electron chi connectivity index (χ1n) is 0.974. The molecule has 22 valence electrons. The van der Waals surface area contributed by atoms with Gasteiger partial charge in [-0.1, -0.05) is 0 Å². The summed E-state index contributed by atoms with van der Waals surface area (Å²) in [4.78, 5) is 0. The van der Waals surface area contributed by atoms with Gasteiger partial charge in [-0.2, -0.15) is 6.92 Å². The monoisotopic (exact) mass is 220 g/mol. The molecule has 0 unspecified atom stereocenters. The third-order valence-corrected chi connectivity index (χ3v) is 0. The van der Waals surface area contributed by atoms with E-state index in [9.17, 15) is 0 Å². The zero-order chi connectivity index (χ0) is 4.00. The summed E-state index contributed by atoms with van der Waals surface area (Å²) in [6.45, 7) is 5.00. The van der Waals surface area contributed by atoms with Crippen molar-refractivity contribution in [2.45, 2.75) is 6.92 Å². The van der Waals surface area contributed by atoms with Gasteiger partial charge in [-0.25, -0.2) is 0 Å². The van der Waals surface area contributed by atoms with Gasteiger partial charge in [-0.05, 0) is 0 Å². The number of hydrogen-bond donors (Lipinski definition) is 0. The fourth-order valence-corrected chi connectivity index (χ4v) is 0.